The summed E-state index contributed by atoms with van der Waals surface area (Å²) in [5.74, 6) is 0.0904. The molecule has 2 amide bonds. The van der Waals surface area contributed by atoms with E-state index in [0.29, 0.717) is 31.2 Å². The van der Waals surface area contributed by atoms with E-state index in [0.717, 1.165) is 5.56 Å². The molecule has 1 N–H and O–H groups in total. The van der Waals surface area contributed by atoms with Crippen molar-refractivity contribution in [2.75, 3.05) is 6.54 Å². The summed E-state index contributed by atoms with van der Waals surface area (Å²) in [4.78, 5) is 31.3. The van der Waals surface area contributed by atoms with Gasteiger partial charge in [-0.15, -0.1) is 0 Å². The van der Waals surface area contributed by atoms with E-state index in [-0.39, 0.29) is 17.9 Å². The number of hydrogen-bond acceptors (Lipinski definition) is 3. The first kappa shape index (κ1) is 17.1. The molecule has 1 aromatic carbocycles. The lowest BCUT2D eigenvalue weighted by atomic mass is 10.1. The number of aromatic nitrogens is 3. The van der Waals surface area contributed by atoms with Crippen LogP contribution in [0.3, 0.4) is 0 Å². The van der Waals surface area contributed by atoms with Crippen LogP contribution < -0.4 is 5.32 Å². The number of hydrogen-bond donors (Lipinski definition) is 1. The number of benzene rings is 1. The smallest absolute Gasteiger partial charge is 0.287 e. The zero-order chi connectivity index (χ0) is 18.8. The Bertz CT molecular complexity index is 960. The summed E-state index contributed by atoms with van der Waals surface area (Å²) < 4.78 is 3.62. The number of imidazole rings is 1. The van der Waals surface area contributed by atoms with Crippen LogP contribution in [-0.4, -0.2) is 43.4 Å². The summed E-state index contributed by atoms with van der Waals surface area (Å²) in [7, 11) is 1.78. The van der Waals surface area contributed by atoms with Crippen molar-refractivity contribution in [2.24, 2.45) is 7.05 Å². The average Bonchev–Trinajstić information content (AvgIpc) is 3.32. The van der Waals surface area contributed by atoms with Crippen molar-refractivity contribution in [3.63, 3.8) is 0 Å². The molecule has 0 aliphatic carbocycles. The monoisotopic (exact) mass is 363 g/mol. The average molecular weight is 363 g/mol. The van der Waals surface area contributed by atoms with Gasteiger partial charge in [-0.05, 0) is 17.7 Å². The van der Waals surface area contributed by atoms with Crippen molar-refractivity contribution in [3.05, 3.63) is 78.1 Å². The van der Waals surface area contributed by atoms with Gasteiger partial charge in [-0.1, -0.05) is 30.3 Å². The number of amides is 2. The number of rotatable bonds is 5. The van der Waals surface area contributed by atoms with Crippen LogP contribution in [0.15, 0.2) is 61.1 Å². The molecule has 27 heavy (non-hydrogen) atoms. The second kappa shape index (κ2) is 7.11. The zero-order valence-electron chi connectivity index (χ0n) is 15.1. The van der Waals surface area contributed by atoms with Gasteiger partial charge >= 0.3 is 0 Å². The third-order valence-corrected chi connectivity index (χ3v) is 4.88. The summed E-state index contributed by atoms with van der Waals surface area (Å²) in [5, 5.41) is 2.93. The van der Waals surface area contributed by atoms with E-state index in [9.17, 15) is 9.59 Å². The van der Waals surface area contributed by atoms with E-state index in [1.807, 2.05) is 58.1 Å². The number of fused-ring (bicyclic) bond motifs is 1. The van der Waals surface area contributed by atoms with E-state index in [4.69, 9.17) is 0 Å². The largest absolute Gasteiger partial charge is 0.347 e. The van der Waals surface area contributed by atoms with Crippen molar-refractivity contribution >= 4 is 11.8 Å². The SMILES string of the molecule is Cn1ccnc1C(=O)NCC1Cn2cccc2C(=O)N1Cc1ccccc1. The quantitative estimate of drug-likeness (QED) is 0.750. The first-order chi connectivity index (χ1) is 13.1. The van der Waals surface area contributed by atoms with Crippen molar-refractivity contribution in [3.8, 4) is 0 Å². The molecule has 7 nitrogen and oxygen atoms in total. The molecular weight excluding hydrogens is 342 g/mol. The number of carbonyl (C=O) groups excluding carboxylic acids is 2. The number of nitrogens with zero attached hydrogens (tertiary/aromatic N) is 4. The van der Waals surface area contributed by atoms with Gasteiger partial charge in [-0.2, -0.15) is 0 Å². The minimum Gasteiger partial charge on any atom is -0.347 e. The Morgan fingerprint density at radius 2 is 2.00 bits per heavy atom. The van der Waals surface area contributed by atoms with Gasteiger partial charge in [-0.25, -0.2) is 4.98 Å². The maximum atomic E-state index is 13.0. The van der Waals surface area contributed by atoms with E-state index in [2.05, 4.69) is 10.3 Å². The van der Waals surface area contributed by atoms with Gasteiger partial charge in [-0.3, -0.25) is 9.59 Å². The van der Waals surface area contributed by atoms with Crippen LogP contribution in [0.5, 0.6) is 0 Å². The predicted octanol–water partition coefficient (Wildman–Crippen LogP) is 1.68. The molecule has 3 heterocycles. The highest BCUT2D eigenvalue weighted by molar-refractivity contribution is 5.94. The van der Waals surface area contributed by atoms with Crippen LogP contribution in [0.2, 0.25) is 0 Å². The Morgan fingerprint density at radius 1 is 1.19 bits per heavy atom. The van der Waals surface area contributed by atoms with Crippen molar-refractivity contribution in [2.45, 2.75) is 19.1 Å². The Morgan fingerprint density at radius 3 is 2.74 bits per heavy atom. The summed E-state index contributed by atoms with van der Waals surface area (Å²) >= 11 is 0. The summed E-state index contributed by atoms with van der Waals surface area (Å²) in [6, 6.07) is 13.5. The second-order valence-corrected chi connectivity index (χ2v) is 6.69. The first-order valence-corrected chi connectivity index (χ1v) is 8.89. The van der Waals surface area contributed by atoms with Crippen LogP contribution in [0.4, 0.5) is 0 Å². The van der Waals surface area contributed by atoms with Crippen LogP contribution >= 0.6 is 0 Å². The second-order valence-electron chi connectivity index (χ2n) is 6.69. The Balaban J connectivity index is 1.54. The van der Waals surface area contributed by atoms with Gasteiger partial charge in [0.15, 0.2) is 5.82 Å². The lowest BCUT2D eigenvalue weighted by Gasteiger charge is -2.36. The molecule has 138 valence electrons. The van der Waals surface area contributed by atoms with Crippen molar-refractivity contribution < 1.29 is 9.59 Å². The van der Waals surface area contributed by atoms with Crippen LogP contribution in [0, 0.1) is 0 Å². The molecule has 0 saturated carbocycles. The molecule has 1 aliphatic heterocycles. The highest BCUT2D eigenvalue weighted by atomic mass is 16.2. The van der Waals surface area contributed by atoms with E-state index in [1.54, 1.807) is 24.0 Å². The van der Waals surface area contributed by atoms with Gasteiger partial charge in [0.1, 0.15) is 5.69 Å². The Labute approximate surface area is 157 Å². The summed E-state index contributed by atoms with van der Waals surface area (Å²) in [5.41, 5.74) is 1.74. The molecule has 3 aromatic rings. The van der Waals surface area contributed by atoms with Crippen molar-refractivity contribution in [1.82, 2.24) is 24.3 Å². The van der Waals surface area contributed by atoms with Crippen LogP contribution in [0.25, 0.3) is 0 Å². The molecule has 7 heteroatoms. The molecular formula is C20H21N5O2. The van der Waals surface area contributed by atoms with Crippen LogP contribution in [0.1, 0.15) is 26.7 Å². The highest BCUT2D eigenvalue weighted by Gasteiger charge is 2.32. The third kappa shape index (κ3) is 3.36. The lowest BCUT2D eigenvalue weighted by molar-refractivity contribution is 0.0562. The maximum Gasteiger partial charge on any atom is 0.287 e. The molecule has 0 bridgehead atoms. The van der Waals surface area contributed by atoms with Gasteiger partial charge < -0.3 is 19.4 Å². The highest BCUT2D eigenvalue weighted by Crippen LogP contribution is 2.20. The summed E-state index contributed by atoms with van der Waals surface area (Å²) in [6.45, 7) is 1.51. The van der Waals surface area contributed by atoms with Gasteiger partial charge in [0, 0.05) is 45.3 Å². The number of nitrogens with one attached hydrogen (secondary N) is 1. The van der Waals surface area contributed by atoms with E-state index < -0.39 is 0 Å². The molecule has 0 saturated heterocycles. The Hall–Kier alpha value is -3.35. The first-order valence-electron chi connectivity index (χ1n) is 8.89. The maximum absolute atomic E-state index is 13.0. The Kier molecular flexibility index (Phi) is 4.50. The van der Waals surface area contributed by atoms with Gasteiger partial charge in [0.05, 0.1) is 6.04 Å². The van der Waals surface area contributed by atoms with Crippen molar-refractivity contribution in [1.29, 1.82) is 0 Å². The predicted molar refractivity (Wildman–Crippen MR) is 100 cm³/mol. The minimum atomic E-state index is -0.243. The summed E-state index contributed by atoms with van der Waals surface area (Å²) in [6.07, 6.45) is 5.22. The van der Waals surface area contributed by atoms with Gasteiger partial charge in [0.2, 0.25) is 0 Å². The standard InChI is InChI=1S/C20H21N5O2/c1-23-11-9-21-18(23)19(26)22-12-16-14-24-10-5-8-17(24)20(27)25(16)13-15-6-3-2-4-7-15/h2-11,16H,12-14H2,1H3,(H,22,26). The molecule has 0 spiro atoms. The molecule has 0 fully saturated rings. The molecule has 2 aromatic heterocycles. The normalized spacial score (nSPS) is 16.3. The molecule has 1 unspecified atom stereocenters. The van der Waals surface area contributed by atoms with E-state index in [1.165, 1.54) is 0 Å². The molecule has 1 atom stereocenters. The topological polar surface area (TPSA) is 72.2 Å². The van der Waals surface area contributed by atoms with Crippen LogP contribution in [-0.2, 0) is 20.1 Å². The zero-order valence-corrected chi connectivity index (χ0v) is 15.1. The number of aryl methyl sites for hydroxylation is 1. The molecule has 0 radical (unpaired) electrons. The molecule has 4 rings (SSSR count). The fourth-order valence-electron chi connectivity index (χ4n) is 3.44. The lowest BCUT2D eigenvalue weighted by Crippen LogP contribution is -2.52. The fraction of sp³-hybridized carbons (Fsp3) is 0.250. The van der Waals surface area contributed by atoms with Gasteiger partial charge in [0.25, 0.3) is 11.8 Å². The third-order valence-electron chi connectivity index (χ3n) is 4.88. The fourth-order valence-corrected chi connectivity index (χ4v) is 3.44. The number of carbonyl (C=O) groups is 2. The minimum absolute atomic E-state index is 0.0219. The molecule has 1 aliphatic rings. The van der Waals surface area contributed by atoms with E-state index >= 15 is 0 Å².